The minimum Gasteiger partial charge on any atom is -0.351 e. The number of hydrogen-bond donors (Lipinski definition) is 1. The van der Waals surface area contributed by atoms with Crippen LogP contribution in [0, 0.1) is 6.92 Å². The number of nitrogens with one attached hydrogen (secondary N) is 1. The van der Waals surface area contributed by atoms with Crippen LogP contribution in [0.25, 0.3) is 6.08 Å². The van der Waals surface area contributed by atoms with Gasteiger partial charge in [0.25, 0.3) is 0 Å². The Hall–Kier alpha value is -3.25. The lowest BCUT2D eigenvalue weighted by Gasteiger charge is -2.18. The van der Waals surface area contributed by atoms with Gasteiger partial charge < -0.3 is 5.32 Å². The van der Waals surface area contributed by atoms with Crippen LogP contribution in [0.2, 0.25) is 0 Å². The van der Waals surface area contributed by atoms with Crippen molar-refractivity contribution in [3.63, 3.8) is 0 Å². The molecule has 1 heterocycles. The quantitative estimate of drug-likeness (QED) is 0.607. The summed E-state index contributed by atoms with van der Waals surface area (Å²) < 4.78 is 26.3. The molecule has 0 unspecified atom stereocenters. The number of benzene rings is 2. The average Bonchev–Trinajstić information content (AvgIpc) is 2.75. The molecule has 5 nitrogen and oxygen atoms in total. The number of aryl methyl sites for hydroxylation is 1. The molecule has 0 aliphatic rings. The molecule has 1 atom stereocenters. The van der Waals surface area contributed by atoms with Crippen molar-refractivity contribution >= 4 is 21.8 Å². The first-order valence-corrected chi connectivity index (χ1v) is 10.7. The Morgan fingerprint density at radius 1 is 1.03 bits per heavy atom. The Bertz CT molecular complexity index is 1080. The number of carbonyl (C=O) groups excluding carboxylic acids is 1. The van der Waals surface area contributed by atoms with Crippen molar-refractivity contribution in [2.24, 2.45) is 0 Å². The molecule has 0 aliphatic carbocycles. The summed E-state index contributed by atoms with van der Waals surface area (Å²) in [6.45, 7) is 1.94. The Balaban J connectivity index is 1.77. The molecule has 148 valence electrons. The standard InChI is InChI=1S/C23H22N2O3S/c1-18-9-11-19(12-10-18)13-14-23(26)25-17-22(20-6-5-15-24-16-20)29(27,28)21-7-3-2-4-8-21/h2-16,22H,17H2,1H3,(H,25,26)/b14-13+/t22-/m0/s1. The number of hydrogen-bond acceptors (Lipinski definition) is 4. The summed E-state index contributed by atoms with van der Waals surface area (Å²) in [5, 5.41) is 1.77. The predicted octanol–water partition coefficient (Wildman–Crippen LogP) is 3.73. The molecule has 0 aliphatic heterocycles. The molecular weight excluding hydrogens is 384 g/mol. The summed E-state index contributed by atoms with van der Waals surface area (Å²) in [5.74, 6) is -0.359. The fourth-order valence-corrected chi connectivity index (χ4v) is 4.51. The lowest BCUT2D eigenvalue weighted by Crippen LogP contribution is -2.31. The van der Waals surface area contributed by atoms with Crippen molar-refractivity contribution in [3.8, 4) is 0 Å². The zero-order chi connectivity index (χ0) is 20.7. The van der Waals surface area contributed by atoms with Gasteiger partial charge in [0.05, 0.1) is 4.90 Å². The van der Waals surface area contributed by atoms with E-state index >= 15 is 0 Å². The minimum absolute atomic E-state index is 0.0556. The third-order valence-electron chi connectivity index (χ3n) is 4.47. The Kier molecular flexibility index (Phi) is 6.57. The van der Waals surface area contributed by atoms with Crippen LogP contribution in [0.3, 0.4) is 0 Å². The zero-order valence-corrected chi connectivity index (χ0v) is 16.8. The molecule has 0 bridgehead atoms. The van der Waals surface area contributed by atoms with Gasteiger partial charge in [0.15, 0.2) is 9.84 Å². The Morgan fingerprint density at radius 2 is 1.76 bits per heavy atom. The fraction of sp³-hybridized carbons (Fsp3) is 0.130. The van der Waals surface area contributed by atoms with Crippen molar-refractivity contribution in [2.75, 3.05) is 6.54 Å². The van der Waals surface area contributed by atoms with Crippen LogP contribution in [0.5, 0.6) is 0 Å². The van der Waals surface area contributed by atoms with E-state index in [0.717, 1.165) is 11.1 Å². The molecule has 0 saturated heterocycles. The highest BCUT2D eigenvalue weighted by atomic mass is 32.2. The van der Waals surface area contributed by atoms with Gasteiger partial charge in [-0.1, -0.05) is 54.1 Å². The Labute approximate surface area is 171 Å². The summed E-state index contributed by atoms with van der Waals surface area (Å²) in [5.41, 5.74) is 2.56. The SMILES string of the molecule is Cc1ccc(/C=C/C(=O)NC[C@@H](c2cccnc2)S(=O)(=O)c2ccccc2)cc1. The van der Waals surface area contributed by atoms with Crippen molar-refractivity contribution in [3.05, 3.63) is 102 Å². The summed E-state index contributed by atoms with van der Waals surface area (Å²) in [6.07, 6.45) is 6.19. The van der Waals surface area contributed by atoms with Crippen LogP contribution in [0.15, 0.2) is 90.1 Å². The van der Waals surface area contributed by atoms with Gasteiger partial charge in [-0.2, -0.15) is 0 Å². The lowest BCUT2D eigenvalue weighted by molar-refractivity contribution is -0.116. The molecule has 3 rings (SSSR count). The van der Waals surface area contributed by atoms with E-state index in [-0.39, 0.29) is 17.3 Å². The third kappa shape index (κ3) is 5.39. The van der Waals surface area contributed by atoms with E-state index in [1.54, 1.807) is 54.7 Å². The van der Waals surface area contributed by atoms with Crippen LogP contribution in [-0.2, 0) is 14.6 Å². The monoisotopic (exact) mass is 406 g/mol. The number of amides is 1. The van der Waals surface area contributed by atoms with Gasteiger partial charge >= 0.3 is 0 Å². The molecule has 0 radical (unpaired) electrons. The highest BCUT2D eigenvalue weighted by molar-refractivity contribution is 7.91. The van der Waals surface area contributed by atoms with Crippen molar-refractivity contribution in [1.82, 2.24) is 10.3 Å². The normalized spacial score (nSPS) is 12.6. The first-order valence-electron chi connectivity index (χ1n) is 9.18. The molecule has 3 aromatic rings. The van der Waals surface area contributed by atoms with Gasteiger partial charge in [0, 0.05) is 25.0 Å². The molecule has 1 aromatic heterocycles. The van der Waals surface area contributed by atoms with Crippen LogP contribution >= 0.6 is 0 Å². The molecule has 6 heteroatoms. The van der Waals surface area contributed by atoms with Gasteiger partial charge in [0.2, 0.25) is 5.91 Å². The number of nitrogens with zero attached hydrogens (tertiary/aromatic N) is 1. The summed E-state index contributed by atoms with van der Waals surface area (Å²) >= 11 is 0. The van der Waals surface area contributed by atoms with Crippen LogP contribution < -0.4 is 5.32 Å². The highest BCUT2D eigenvalue weighted by Gasteiger charge is 2.29. The van der Waals surface area contributed by atoms with E-state index in [9.17, 15) is 13.2 Å². The van der Waals surface area contributed by atoms with Gasteiger partial charge in [0.1, 0.15) is 5.25 Å². The predicted molar refractivity (Wildman–Crippen MR) is 114 cm³/mol. The fourth-order valence-electron chi connectivity index (χ4n) is 2.85. The highest BCUT2D eigenvalue weighted by Crippen LogP contribution is 2.27. The van der Waals surface area contributed by atoms with E-state index in [0.29, 0.717) is 5.56 Å². The van der Waals surface area contributed by atoms with Gasteiger partial charge in [-0.05, 0) is 42.3 Å². The van der Waals surface area contributed by atoms with Crippen LogP contribution in [0.4, 0.5) is 0 Å². The molecule has 0 spiro atoms. The lowest BCUT2D eigenvalue weighted by atomic mass is 10.1. The number of aromatic nitrogens is 1. The molecular formula is C23H22N2O3S. The summed E-state index contributed by atoms with van der Waals surface area (Å²) in [6, 6.07) is 19.4. The van der Waals surface area contributed by atoms with E-state index in [1.165, 1.54) is 12.3 Å². The first-order chi connectivity index (χ1) is 14.0. The topological polar surface area (TPSA) is 76.1 Å². The molecule has 29 heavy (non-hydrogen) atoms. The molecule has 0 fully saturated rings. The maximum Gasteiger partial charge on any atom is 0.244 e. The average molecular weight is 407 g/mol. The second kappa shape index (κ2) is 9.30. The van der Waals surface area contributed by atoms with E-state index in [4.69, 9.17) is 0 Å². The molecule has 1 N–H and O–H groups in total. The molecule has 2 aromatic carbocycles. The van der Waals surface area contributed by atoms with E-state index in [2.05, 4.69) is 10.3 Å². The minimum atomic E-state index is -3.70. The van der Waals surface area contributed by atoms with Crippen molar-refractivity contribution < 1.29 is 13.2 Å². The zero-order valence-electron chi connectivity index (χ0n) is 16.0. The Morgan fingerprint density at radius 3 is 2.41 bits per heavy atom. The molecule has 1 amide bonds. The number of rotatable bonds is 7. The second-order valence-corrected chi connectivity index (χ2v) is 8.75. The van der Waals surface area contributed by atoms with Crippen LogP contribution in [-0.4, -0.2) is 25.9 Å². The van der Waals surface area contributed by atoms with Gasteiger partial charge in [-0.15, -0.1) is 0 Å². The third-order valence-corrected chi connectivity index (χ3v) is 6.59. The van der Waals surface area contributed by atoms with E-state index < -0.39 is 15.1 Å². The van der Waals surface area contributed by atoms with Crippen LogP contribution in [0.1, 0.15) is 21.9 Å². The van der Waals surface area contributed by atoms with Crippen molar-refractivity contribution in [1.29, 1.82) is 0 Å². The molecule has 0 saturated carbocycles. The van der Waals surface area contributed by atoms with Crippen molar-refractivity contribution in [2.45, 2.75) is 17.1 Å². The summed E-state index contributed by atoms with van der Waals surface area (Å²) in [4.78, 5) is 16.5. The number of sulfone groups is 1. The maximum atomic E-state index is 13.2. The smallest absolute Gasteiger partial charge is 0.244 e. The van der Waals surface area contributed by atoms with Gasteiger partial charge in [-0.3, -0.25) is 9.78 Å². The second-order valence-electron chi connectivity index (χ2n) is 6.62. The van der Waals surface area contributed by atoms with E-state index in [1.807, 2.05) is 31.2 Å². The number of pyridine rings is 1. The summed E-state index contributed by atoms with van der Waals surface area (Å²) in [7, 11) is -3.70. The first kappa shape index (κ1) is 20.5. The maximum absolute atomic E-state index is 13.2. The van der Waals surface area contributed by atoms with Gasteiger partial charge in [-0.25, -0.2) is 8.42 Å². The largest absolute Gasteiger partial charge is 0.351 e. The number of carbonyl (C=O) groups is 1.